The molecular weight excluding hydrogens is 328 g/mol. The summed E-state index contributed by atoms with van der Waals surface area (Å²) in [5.41, 5.74) is 5.63. The Balaban J connectivity index is 1.65. The van der Waals surface area contributed by atoms with Gasteiger partial charge in [-0.3, -0.25) is 0 Å². The smallest absolute Gasteiger partial charge is 0.0216 e. The zero-order valence-corrected chi connectivity index (χ0v) is 13.3. The van der Waals surface area contributed by atoms with Crippen LogP contribution >= 0.6 is 27.7 Å². The van der Waals surface area contributed by atoms with Crippen molar-refractivity contribution in [3.63, 3.8) is 0 Å². The average molecular weight is 341 g/mol. The van der Waals surface area contributed by atoms with Gasteiger partial charge in [-0.1, -0.05) is 64.1 Å². The molecule has 20 heavy (non-hydrogen) atoms. The first-order valence-electron chi connectivity index (χ1n) is 6.75. The molecule has 0 saturated carbocycles. The second kappa shape index (κ2) is 4.94. The van der Waals surface area contributed by atoms with Crippen molar-refractivity contribution >= 4 is 39.8 Å². The molecule has 0 heterocycles. The third-order valence-electron chi connectivity index (χ3n) is 3.84. The van der Waals surface area contributed by atoms with Gasteiger partial charge in [0.1, 0.15) is 0 Å². The molecular formula is C18H13BrS. The van der Waals surface area contributed by atoms with Crippen LogP contribution < -0.4 is 0 Å². The first-order chi connectivity index (χ1) is 9.81. The van der Waals surface area contributed by atoms with Crippen LogP contribution in [0.4, 0.5) is 0 Å². The second-order valence-electron chi connectivity index (χ2n) is 5.13. The molecule has 0 unspecified atom stereocenters. The maximum absolute atomic E-state index is 3.66. The lowest BCUT2D eigenvalue weighted by molar-refractivity contribution is 1.25. The molecule has 2 aromatic rings. The van der Waals surface area contributed by atoms with Crippen LogP contribution in [0.25, 0.3) is 12.2 Å². The minimum absolute atomic E-state index is 1.04. The van der Waals surface area contributed by atoms with Crippen LogP contribution in [-0.2, 0) is 12.8 Å². The number of halogens is 1. The number of fused-ring (bicyclic) bond motifs is 2. The molecule has 2 aromatic carbocycles. The second-order valence-corrected chi connectivity index (χ2v) is 7.16. The fourth-order valence-electron chi connectivity index (χ4n) is 2.85. The molecule has 0 fully saturated rings. The Morgan fingerprint density at radius 1 is 1.05 bits per heavy atom. The van der Waals surface area contributed by atoms with Crippen LogP contribution in [0.2, 0.25) is 0 Å². The van der Waals surface area contributed by atoms with E-state index in [1.54, 1.807) is 0 Å². The molecule has 4 rings (SSSR count). The summed E-state index contributed by atoms with van der Waals surface area (Å²) in [6.07, 6.45) is 8.95. The van der Waals surface area contributed by atoms with Gasteiger partial charge in [-0.05, 0) is 51.8 Å². The molecule has 0 spiro atoms. The first kappa shape index (κ1) is 12.5. The molecule has 0 amide bonds. The Morgan fingerprint density at radius 2 is 1.95 bits per heavy atom. The van der Waals surface area contributed by atoms with Crippen molar-refractivity contribution in [2.75, 3.05) is 0 Å². The van der Waals surface area contributed by atoms with Crippen molar-refractivity contribution in [3.05, 3.63) is 74.1 Å². The quantitative estimate of drug-likeness (QED) is 0.674. The Morgan fingerprint density at radius 3 is 2.85 bits per heavy atom. The summed E-state index contributed by atoms with van der Waals surface area (Å²) in [7, 11) is 0. The molecule has 0 N–H and O–H groups in total. The predicted molar refractivity (Wildman–Crippen MR) is 90.9 cm³/mol. The Kier molecular flexibility index (Phi) is 3.08. The van der Waals surface area contributed by atoms with Crippen molar-refractivity contribution in [1.82, 2.24) is 0 Å². The van der Waals surface area contributed by atoms with Crippen LogP contribution in [0.5, 0.6) is 0 Å². The number of thioether (sulfide) groups is 1. The minimum atomic E-state index is 1.04. The van der Waals surface area contributed by atoms with Crippen LogP contribution in [0.1, 0.15) is 22.3 Å². The van der Waals surface area contributed by atoms with Crippen molar-refractivity contribution in [2.24, 2.45) is 0 Å². The summed E-state index contributed by atoms with van der Waals surface area (Å²) >= 11 is 5.57. The van der Waals surface area contributed by atoms with Crippen molar-refractivity contribution in [3.8, 4) is 0 Å². The van der Waals surface area contributed by atoms with Gasteiger partial charge in [0, 0.05) is 15.8 Å². The highest BCUT2D eigenvalue weighted by Crippen LogP contribution is 2.41. The van der Waals surface area contributed by atoms with Gasteiger partial charge in [-0.25, -0.2) is 0 Å². The molecule has 2 heteroatoms. The number of hydrogen-bond donors (Lipinski definition) is 0. The SMILES string of the molecule is Brc1cccc2c1CC(Sc1cccc3c1C=CC3)=C2. The van der Waals surface area contributed by atoms with Gasteiger partial charge in [0.05, 0.1) is 0 Å². The maximum atomic E-state index is 3.66. The number of benzene rings is 2. The Bertz CT molecular complexity index is 756. The van der Waals surface area contributed by atoms with Gasteiger partial charge in [0.15, 0.2) is 0 Å². The summed E-state index contributed by atoms with van der Waals surface area (Å²) in [4.78, 5) is 2.81. The summed E-state index contributed by atoms with van der Waals surface area (Å²) < 4.78 is 1.22. The van der Waals surface area contributed by atoms with Gasteiger partial charge in [0.2, 0.25) is 0 Å². The zero-order valence-electron chi connectivity index (χ0n) is 10.9. The topological polar surface area (TPSA) is 0 Å². The lowest BCUT2D eigenvalue weighted by atomic mass is 10.1. The van der Waals surface area contributed by atoms with E-state index in [0.717, 1.165) is 12.8 Å². The summed E-state index contributed by atoms with van der Waals surface area (Å²) in [6.45, 7) is 0. The molecule has 98 valence electrons. The van der Waals surface area contributed by atoms with Gasteiger partial charge >= 0.3 is 0 Å². The largest absolute Gasteiger partial charge is 0.0935 e. The van der Waals surface area contributed by atoms with E-state index in [0.29, 0.717) is 0 Å². The number of rotatable bonds is 2. The first-order valence-corrected chi connectivity index (χ1v) is 8.36. The van der Waals surface area contributed by atoms with Gasteiger partial charge in [-0.2, -0.15) is 0 Å². The van der Waals surface area contributed by atoms with E-state index in [1.807, 2.05) is 11.8 Å². The maximum Gasteiger partial charge on any atom is 0.0216 e. The Hall–Kier alpha value is -1.25. The van der Waals surface area contributed by atoms with Crippen molar-refractivity contribution in [2.45, 2.75) is 17.7 Å². The summed E-state index contributed by atoms with van der Waals surface area (Å²) in [6, 6.07) is 13.1. The van der Waals surface area contributed by atoms with Crippen LogP contribution in [-0.4, -0.2) is 0 Å². The van der Waals surface area contributed by atoms with E-state index >= 15 is 0 Å². The highest BCUT2D eigenvalue weighted by Gasteiger charge is 2.18. The monoisotopic (exact) mass is 340 g/mol. The zero-order chi connectivity index (χ0) is 13.5. The third kappa shape index (κ3) is 2.07. The highest BCUT2D eigenvalue weighted by molar-refractivity contribution is 9.10. The molecule has 0 atom stereocenters. The molecule has 0 bridgehead atoms. The van der Waals surface area contributed by atoms with Crippen molar-refractivity contribution < 1.29 is 0 Å². The fraction of sp³-hybridized carbons (Fsp3) is 0.111. The minimum Gasteiger partial charge on any atom is -0.0935 e. The van der Waals surface area contributed by atoms with Gasteiger partial charge in [0.25, 0.3) is 0 Å². The van der Waals surface area contributed by atoms with Crippen LogP contribution in [0.15, 0.2) is 56.7 Å². The van der Waals surface area contributed by atoms with E-state index in [2.05, 4.69) is 70.6 Å². The fourth-order valence-corrected chi connectivity index (χ4v) is 4.51. The lowest BCUT2D eigenvalue weighted by Gasteiger charge is -2.08. The summed E-state index contributed by atoms with van der Waals surface area (Å²) in [5.74, 6) is 0. The molecule has 0 nitrogen and oxygen atoms in total. The average Bonchev–Trinajstić information content (AvgIpc) is 3.06. The third-order valence-corrected chi connectivity index (χ3v) is 5.69. The van der Waals surface area contributed by atoms with E-state index in [4.69, 9.17) is 0 Å². The number of hydrogen-bond acceptors (Lipinski definition) is 1. The predicted octanol–water partition coefficient (Wildman–Crippen LogP) is 5.71. The number of allylic oxidation sites excluding steroid dienone is 2. The van der Waals surface area contributed by atoms with E-state index < -0.39 is 0 Å². The molecule has 0 aliphatic heterocycles. The lowest BCUT2D eigenvalue weighted by Crippen LogP contribution is -1.87. The van der Waals surface area contributed by atoms with E-state index in [9.17, 15) is 0 Å². The molecule has 0 saturated heterocycles. The normalized spacial score (nSPS) is 15.2. The highest BCUT2D eigenvalue weighted by atomic mass is 79.9. The molecule has 0 radical (unpaired) electrons. The van der Waals surface area contributed by atoms with Crippen LogP contribution in [0, 0.1) is 0 Å². The molecule has 2 aliphatic carbocycles. The van der Waals surface area contributed by atoms with Crippen LogP contribution in [0.3, 0.4) is 0 Å². The summed E-state index contributed by atoms with van der Waals surface area (Å²) in [5, 5.41) is 0. The standard InChI is InChI=1S/C18H13BrS/c19-17-8-2-6-13-10-14(11-16(13)17)20-18-9-3-5-12-4-1-7-15(12)18/h1-3,5-10H,4,11H2. The van der Waals surface area contributed by atoms with E-state index in [-0.39, 0.29) is 0 Å². The van der Waals surface area contributed by atoms with E-state index in [1.165, 1.54) is 36.5 Å². The Labute approximate surface area is 131 Å². The van der Waals surface area contributed by atoms with Gasteiger partial charge < -0.3 is 0 Å². The molecule has 2 aliphatic rings. The molecule has 0 aromatic heterocycles. The van der Waals surface area contributed by atoms with Crippen molar-refractivity contribution in [1.29, 1.82) is 0 Å². The van der Waals surface area contributed by atoms with Gasteiger partial charge in [-0.15, -0.1) is 0 Å².